The fourth-order valence-corrected chi connectivity index (χ4v) is 2.71. The van der Waals surface area contributed by atoms with Gasteiger partial charge in [0.15, 0.2) is 0 Å². The molecule has 3 nitrogen and oxygen atoms in total. The molecule has 1 aliphatic carbocycles. The highest BCUT2D eigenvalue weighted by Crippen LogP contribution is 2.27. The molecule has 0 spiro atoms. The van der Waals surface area contributed by atoms with Crippen LogP contribution in [0.25, 0.3) is 0 Å². The number of carbonyl (C=O) groups excluding carboxylic acids is 1. The largest absolute Gasteiger partial charge is 0.352 e. The van der Waals surface area contributed by atoms with Crippen LogP contribution in [0.1, 0.15) is 48.5 Å². The van der Waals surface area contributed by atoms with E-state index < -0.39 is 0 Å². The number of hydrogen-bond acceptors (Lipinski definition) is 2. The Balaban J connectivity index is 1.83. The number of nitrogens with two attached hydrogens (primary N) is 1. The molecule has 0 radical (unpaired) electrons. The number of hydrogen-bond donors (Lipinski definition) is 2. The number of carbonyl (C=O) groups is 1. The van der Waals surface area contributed by atoms with Crippen LogP contribution in [0.15, 0.2) is 24.3 Å². The molecule has 19 heavy (non-hydrogen) atoms. The van der Waals surface area contributed by atoms with E-state index in [-0.39, 0.29) is 5.91 Å². The predicted octanol–water partition coefficient (Wildman–Crippen LogP) is 2.70. The Morgan fingerprint density at radius 3 is 2.74 bits per heavy atom. The fourth-order valence-electron chi connectivity index (χ4n) is 2.71. The highest BCUT2D eigenvalue weighted by atomic mass is 16.1. The minimum Gasteiger partial charge on any atom is -0.352 e. The van der Waals surface area contributed by atoms with Gasteiger partial charge in [0.1, 0.15) is 0 Å². The van der Waals surface area contributed by atoms with Crippen molar-refractivity contribution in [3.8, 4) is 0 Å². The number of benzene rings is 1. The summed E-state index contributed by atoms with van der Waals surface area (Å²) >= 11 is 0. The molecule has 3 N–H and O–H groups in total. The molecule has 1 saturated carbocycles. The van der Waals surface area contributed by atoms with Crippen molar-refractivity contribution in [1.82, 2.24) is 5.32 Å². The molecule has 104 valence electrons. The molecular weight excluding hydrogens is 236 g/mol. The summed E-state index contributed by atoms with van der Waals surface area (Å²) in [6, 6.07) is 7.55. The van der Waals surface area contributed by atoms with Gasteiger partial charge in [-0.3, -0.25) is 4.79 Å². The summed E-state index contributed by atoms with van der Waals surface area (Å²) < 4.78 is 0. The van der Waals surface area contributed by atoms with Crippen molar-refractivity contribution in [3.63, 3.8) is 0 Å². The van der Waals surface area contributed by atoms with Crippen molar-refractivity contribution in [1.29, 1.82) is 0 Å². The van der Waals surface area contributed by atoms with Crippen LogP contribution in [0, 0.1) is 11.8 Å². The Labute approximate surface area is 115 Å². The molecule has 0 aromatic heterocycles. The van der Waals surface area contributed by atoms with Gasteiger partial charge in [-0.05, 0) is 42.4 Å². The zero-order chi connectivity index (χ0) is 13.7. The van der Waals surface area contributed by atoms with E-state index >= 15 is 0 Å². The zero-order valence-electron chi connectivity index (χ0n) is 11.7. The standard InChI is InChI=1S/C16H24N2O/c1-12-5-7-13(8-6-12)11-18-16(19)15-4-2-3-14(9-15)10-17/h2-4,9,12-13H,5-8,10-11,17H2,1H3,(H,18,19). The van der Waals surface area contributed by atoms with Crippen LogP contribution >= 0.6 is 0 Å². The van der Waals surface area contributed by atoms with Crippen molar-refractivity contribution in [2.24, 2.45) is 17.6 Å². The lowest BCUT2D eigenvalue weighted by molar-refractivity contribution is 0.0942. The minimum atomic E-state index is 0.0221. The summed E-state index contributed by atoms with van der Waals surface area (Å²) in [6.45, 7) is 3.59. The van der Waals surface area contributed by atoms with Crippen LogP contribution in [0.4, 0.5) is 0 Å². The van der Waals surface area contributed by atoms with Gasteiger partial charge in [-0.25, -0.2) is 0 Å². The van der Waals surface area contributed by atoms with Crippen molar-refractivity contribution in [3.05, 3.63) is 35.4 Å². The summed E-state index contributed by atoms with van der Waals surface area (Å²) in [6.07, 6.45) is 5.07. The summed E-state index contributed by atoms with van der Waals surface area (Å²) in [4.78, 5) is 12.1. The smallest absolute Gasteiger partial charge is 0.251 e. The number of rotatable bonds is 4. The van der Waals surface area contributed by atoms with E-state index in [9.17, 15) is 4.79 Å². The van der Waals surface area contributed by atoms with Gasteiger partial charge in [-0.15, -0.1) is 0 Å². The third kappa shape index (κ3) is 4.06. The molecule has 0 aliphatic heterocycles. The van der Waals surface area contributed by atoms with Gasteiger partial charge in [0, 0.05) is 18.7 Å². The molecule has 0 unspecified atom stereocenters. The van der Waals surface area contributed by atoms with Crippen LogP contribution in [-0.2, 0) is 6.54 Å². The van der Waals surface area contributed by atoms with Crippen molar-refractivity contribution >= 4 is 5.91 Å². The first-order valence-electron chi connectivity index (χ1n) is 7.26. The maximum absolute atomic E-state index is 12.1. The highest BCUT2D eigenvalue weighted by Gasteiger charge is 2.18. The van der Waals surface area contributed by atoms with Gasteiger partial charge in [0.05, 0.1) is 0 Å². The lowest BCUT2D eigenvalue weighted by atomic mass is 9.83. The van der Waals surface area contributed by atoms with Crippen molar-refractivity contribution in [2.75, 3.05) is 6.54 Å². The Kier molecular flexibility index (Phi) is 4.97. The van der Waals surface area contributed by atoms with Crippen LogP contribution in [0.5, 0.6) is 0 Å². The third-order valence-electron chi connectivity index (χ3n) is 4.11. The first-order chi connectivity index (χ1) is 9.19. The Bertz CT molecular complexity index is 423. The second-order valence-corrected chi connectivity index (χ2v) is 5.74. The van der Waals surface area contributed by atoms with E-state index in [1.807, 2.05) is 24.3 Å². The average molecular weight is 260 g/mol. The monoisotopic (exact) mass is 260 g/mol. The Morgan fingerprint density at radius 2 is 2.05 bits per heavy atom. The maximum Gasteiger partial charge on any atom is 0.251 e. The lowest BCUT2D eigenvalue weighted by Crippen LogP contribution is -2.31. The van der Waals surface area contributed by atoms with Crippen LogP contribution < -0.4 is 11.1 Å². The van der Waals surface area contributed by atoms with E-state index in [0.29, 0.717) is 18.0 Å². The van der Waals surface area contributed by atoms with Gasteiger partial charge >= 0.3 is 0 Å². The quantitative estimate of drug-likeness (QED) is 0.874. The van der Waals surface area contributed by atoms with Gasteiger partial charge in [-0.2, -0.15) is 0 Å². The van der Waals surface area contributed by atoms with Crippen molar-refractivity contribution in [2.45, 2.75) is 39.2 Å². The maximum atomic E-state index is 12.1. The van der Waals surface area contributed by atoms with E-state index in [2.05, 4.69) is 12.2 Å². The van der Waals surface area contributed by atoms with Gasteiger partial charge in [0.25, 0.3) is 5.91 Å². The van der Waals surface area contributed by atoms with Crippen LogP contribution in [0.3, 0.4) is 0 Å². The minimum absolute atomic E-state index is 0.0221. The second kappa shape index (κ2) is 6.71. The molecule has 0 atom stereocenters. The van der Waals surface area contributed by atoms with Gasteiger partial charge in [-0.1, -0.05) is 31.9 Å². The first-order valence-corrected chi connectivity index (χ1v) is 7.26. The molecule has 0 bridgehead atoms. The number of amides is 1. The zero-order valence-corrected chi connectivity index (χ0v) is 11.7. The van der Waals surface area contributed by atoms with Crippen molar-refractivity contribution < 1.29 is 4.79 Å². The molecule has 1 aromatic carbocycles. The van der Waals surface area contributed by atoms with Gasteiger partial charge < -0.3 is 11.1 Å². The average Bonchev–Trinajstić information content (AvgIpc) is 2.46. The van der Waals surface area contributed by atoms with Gasteiger partial charge in [0.2, 0.25) is 0 Å². The number of nitrogens with one attached hydrogen (secondary N) is 1. The molecule has 0 saturated heterocycles. The Hall–Kier alpha value is -1.35. The topological polar surface area (TPSA) is 55.1 Å². The predicted molar refractivity (Wildman–Crippen MR) is 77.8 cm³/mol. The SMILES string of the molecule is CC1CCC(CNC(=O)c2cccc(CN)c2)CC1. The van der Waals surface area contributed by atoms with Crippen LogP contribution in [0.2, 0.25) is 0 Å². The molecular formula is C16H24N2O. The molecule has 2 rings (SSSR count). The Morgan fingerprint density at radius 1 is 1.32 bits per heavy atom. The highest BCUT2D eigenvalue weighted by molar-refractivity contribution is 5.94. The van der Waals surface area contributed by atoms with E-state index in [0.717, 1.165) is 18.0 Å². The van der Waals surface area contributed by atoms with Crippen LogP contribution in [-0.4, -0.2) is 12.5 Å². The van der Waals surface area contributed by atoms with E-state index in [4.69, 9.17) is 5.73 Å². The van der Waals surface area contributed by atoms with E-state index in [1.165, 1.54) is 25.7 Å². The first kappa shape index (κ1) is 14.1. The molecule has 0 heterocycles. The summed E-state index contributed by atoms with van der Waals surface area (Å²) in [5.41, 5.74) is 7.31. The fraction of sp³-hybridized carbons (Fsp3) is 0.562. The molecule has 1 amide bonds. The second-order valence-electron chi connectivity index (χ2n) is 5.74. The summed E-state index contributed by atoms with van der Waals surface area (Å²) in [5, 5.41) is 3.06. The third-order valence-corrected chi connectivity index (χ3v) is 4.11. The normalized spacial score (nSPS) is 23.1. The molecule has 1 aliphatic rings. The summed E-state index contributed by atoms with van der Waals surface area (Å²) in [5.74, 6) is 1.53. The summed E-state index contributed by atoms with van der Waals surface area (Å²) in [7, 11) is 0. The molecule has 1 fully saturated rings. The molecule has 3 heteroatoms. The lowest BCUT2D eigenvalue weighted by Gasteiger charge is -2.26. The van der Waals surface area contributed by atoms with E-state index in [1.54, 1.807) is 0 Å². The molecule has 1 aromatic rings.